The quantitative estimate of drug-likeness (QED) is 0.191. The van der Waals surface area contributed by atoms with Crippen LogP contribution in [0.5, 0.6) is 0 Å². The van der Waals surface area contributed by atoms with Gasteiger partial charge in [0.05, 0.1) is 39.6 Å². The van der Waals surface area contributed by atoms with Crippen LogP contribution in [0.2, 0.25) is 0 Å². The molecule has 3 rings (SSSR count). The third-order valence-corrected chi connectivity index (χ3v) is 6.45. The van der Waals surface area contributed by atoms with Crippen LogP contribution in [0.1, 0.15) is 31.9 Å². The third-order valence-electron chi connectivity index (χ3n) is 6.45. The topological polar surface area (TPSA) is 81.3 Å². The summed E-state index contributed by atoms with van der Waals surface area (Å²) in [6, 6.07) is 19.9. The molecule has 0 saturated heterocycles. The van der Waals surface area contributed by atoms with Gasteiger partial charge < -0.3 is 24.1 Å². The Morgan fingerprint density at radius 2 is 1.40 bits per heavy atom. The molecule has 0 amide bonds. The van der Waals surface area contributed by atoms with E-state index in [4.69, 9.17) is 28.8 Å². The maximum Gasteiger partial charge on any atom is 0.300 e. The van der Waals surface area contributed by atoms with Crippen LogP contribution in [0.15, 0.2) is 54.6 Å². The van der Waals surface area contributed by atoms with Gasteiger partial charge in [-0.25, -0.2) is 0 Å². The van der Waals surface area contributed by atoms with E-state index in [1.54, 1.807) is 7.11 Å². The Morgan fingerprint density at radius 3 is 1.98 bits per heavy atom. The zero-order valence-electron chi connectivity index (χ0n) is 24.9. The molecule has 220 valence electrons. The molecule has 0 saturated carbocycles. The molecule has 0 radical (unpaired) electrons. The van der Waals surface area contributed by atoms with Crippen LogP contribution in [0, 0.1) is 6.92 Å². The summed E-state index contributed by atoms with van der Waals surface area (Å²) >= 11 is 0. The van der Waals surface area contributed by atoms with Crippen LogP contribution < -0.4 is 4.57 Å². The second-order valence-corrected chi connectivity index (χ2v) is 9.39. The number of methoxy groups -OCH3 is 1. The Labute approximate surface area is 239 Å². The molecule has 0 aliphatic carbocycles. The van der Waals surface area contributed by atoms with Crippen molar-refractivity contribution in [2.75, 3.05) is 66.4 Å². The molecule has 1 aromatic heterocycles. The summed E-state index contributed by atoms with van der Waals surface area (Å²) in [5.41, 5.74) is 6.30. The lowest BCUT2D eigenvalue weighted by molar-refractivity contribution is -0.662. The number of aryl methyl sites for hydroxylation is 1. The molecule has 1 N–H and O–H groups in total. The number of pyridine rings is 1. The molecule has 0 spiro atoms. The van der Waals surface area contributed by atoms with E-state index < -0.39 is 5.97 Å². The minimum absolute atomic E-state index is 0.563. The number of para-hydroxylation sites is 1. The van der Waals surface area contributed by atoms with E-state index in [0.29, 0.717) is 46.2 Å². The van der Waals surface area contributed by atoms with Gasteiger partial charge in [-0.2, -0.15) is 4.57 Å². The Balaban J connectivity index is 0.00000131. The van der Waals surface area contributed by atoms with Crippen LogP contribution in [-0.4, -0.2) is 82.4 Å². The molecule has 0 bridgehead atoms. The highest BCUT2D eigenvalue weighted by Crippen LogP contribution is 2.24. The van der Waals surface area contributed by atoms with Gasteiger partial charge in [-0.05, 0) is 49.3 Å². The van der Waals surface area contributed by atoms with Gasteiger partial charge in [0.25, 0.3) is 5.97 Å². The molecular formula is C32H47N2O6+. The van der Waals surface area contributed by atoms with Gasteiger partial charge in [0.1, 0.15) is 6.61 Å². The van der Waals surface area contributed by atoms with Gasteiger partial charge in [0, 0.05) is 43.7 Å². The molecule has 0 fully saturated rings. The lowest BCUT2D eigenvalue weighted by Crippen LogP contribution is -2.39. The largest absolute Gasteiger partial charge is 0.481 e. The first kappa shape index (κ1) is 33.3. The van der Waals surface area contributed by atoms with E-state index in [-0.39, 0.29) is 0 Å². The average molecular weight is 556 g/mol. The number of carbonyl (C=O) groups is 1. The van der Waals surface area contributed by atoms with Crippen molar-refractivity contribution in [1.29, 1.82) is 0 Å². The fraction of sp³-hybridized carbons (Fsp3) is 0.500. The molecule has 2 aromatic carbocycles. The number of hydrogen-bond acceptors (Lipinski definition) is 6. The maximum absolute atomic E-state index is 9.00. The van der Waals surface area contributed by atoms with Gasteiger partial charge in [-0.3, -0.25) is 9.69 Å². The predicted molar refractivity (Wildman–Crippen MR) is 159 cm³/mol. The number of nitrogens with zero attached hydrogens (tertiary/aromatic N) is 2. The van der Waals surface area contributed by atoms with E-state index in [1.165, 1.54) is 33.3 Å². The van der Waals surface area contributed by atoms with E-state index in [1.807, 2.05) is 0 Å². The molecule has 3 aromatic rings. The first-order chi connectivity index (χ1) is 19.4. The normalized spacial score (nSPS) is 11.1. The van der Waals surface area contributed by atoms with Crippen molar-refractivity contribution < 1.29 is 33.4 Å². The fourth-order valence-corrected chi connectivity index (χ4v) is 4.34. The number of benzene rings is 2. The first-order valence-corrected chi connectivity index (χ1v) is 14.1. The number of fused-ring (bicyclic) bond motifs is 1. The lowest BCUT2D eigenvalue weighted by Gasteiger charge is -2.18. The van der Waals surface area contributed by atoms with E-state index in [0.717, 1.165) is 33.1 Å². The van der Waals surface area contributed by atoms with Crippen molar-refractivity contribution in [2.45, 2.75) is 40.8 Å². The SMILES string of the molecule is CC(=O)O.CCN(CC)Cc1ccc(-c2cc(C)c3ccccc3[n+]2CCOCCOCCOCCOC)cc1. The minimum Gasteiger partial charge on any atom is -0.481 e. The summed E-state index contributed by atoms with van der Waals surface area (Å²) < 4.78 is 24.3. The summed E-state index contributed by atoms with van der Waals surface area (Å²) in [5, 5.41) is 8.69. The number of carboxylic acid groups (broad SMARTS) is 1. The summed E-state index contributed by atoms with van der Waals surface area (Å²) in [6.07, 6.45) is 0. The monoisotopic (exact) mass is 555 g/mol. The molecule has 1 heterocycles. The van der Waals surface area contributed by atoms with Crippen LogP contribution in [0.3, 0.4) is 0 Å². The van der Waals surface area contributed by atoms with Gasteiger partial charge in [0.15, 0.2) is 6.54 Å². The molecule has 8 heteroatoms. The minimum atomic E-state index is -0.833. The predicted octanol–water partition coefficient (Wildman–Crippen LogP) is 4.73. The van der Waals surface area contributed by atoms with Crippen LogP contribution in [-0.2, 0) is 36.8 Å². The van der Waals surface area contributed by atoms with E-state index >= 15 is 0 Å². The second kappa shape index (κ2) is 19.2. The zero-order chi connectivity index (χ0) is 29.2. The van der Waals surface area contributed by atoms with Crippen molar-refractivity contribution >= 4 is 16.9 Å². The van der Waals surface area contributed by atoms with Crippen LogP contribution in [0.25, 0.3) is 22.2 Å². The Kier molecular flexibility index (Phi) is 16.0. The Bertz CT molecular complexity index is 1130. The summed E-state index contributed by atoms with van der Waals surface area (Å²) in [6.45, 7) is 15.7. The lowest BCUT2D eigenvalue weighted by atomic mass is 10.0. The first-order valence-electron chi connectivity index (χ1n) is 14.1. The summed E-state index contributed by atoms with van der Waals surface area (Å²) in [7, 11) is 1.67. The molecule has 8 nitrogen and oxygen atoms in total. The fourth-order valence-electron chi connectivity index (χ4n) is 4.34. The van der Waals surface area contributed by atoms with Gasteiger partial charge >= 0.3 is 0 Å². The third kappa shape index (κ3) is 11.7. The van der Waals surface area contributed by atoms with Crippen molar-refractivity contribution in [2.24, 2.45) is 0 Å². The number of aromatic nitrogens is 1. The van der Waals surface area contributed by atoms with Crippen molar-refractivity contribution in [3.05, 3.63) is 65.7 Å². The molecule has 0 aliphatic rings. The zero-order valence-corrected chi connectivity index (χ0v) is 24.9. The van der Waals surface area contributed by atoms with Crippen LogP contribution in [0.4, 0.5) is 0 Å². The maximum atomic E-state index is 9.00. The van der Waals surface area contributed by atoms with Gasteiger partial charge in [0.2, 0.25) is 11.2 Å². The Hall–Kier alpha value is -2.88. The highest BCUT2D eigenvalue weighted by Gasteiger charge is 2.19. The molecular weight excluding hydrogens is 508 g/mol. The van der Waals surface area contributed by atoms with Gasteiger partial charge in [-0.15, -0.1) is 0 Å². The van der Waals surface area contributed by atoms with Gasteiger partial charge in [-0.1, -0.05) is 38.1 Å². The number of carboxylic acids is 1. The van der Waals surface area contributed by atoms with E-state index in [9.17, 15) is 0 Å². The Morgan fingerprint density at radius 1 is 0.850 bits per heavy atom. The smallest absolute Gasteiger partial charge is 0.300 e. The van der Waals surface area contributed by atoms with Crippen molar-refractivity contribution in [3.8, 4) is 11.3 Å². The second-order valence-electron chi connectivity index (χ2n) is 9.39. The van der Waals surface area contributed by atoms with E-state index in [2.05, 4.69) is 84.8 Å². The summed E-state index contributed by atoms with van der Waals surface area (Å²) in [5.74, 6) is -0.833. The highest BCUT2D eigenvalue weighted by atomic mass is 16.6. The standard InChI is InChI=1S/C30H43N2O4.C2H4O2/c1-5-31(6-2)24-26-11-13-27(14-12-26)30-23-25(3)28-9-7-8-10-29(28)32(30)15-16-34-19-20-36-22-21-35-18-17-33-4;1-2(3)4/h7-14,23H,5-6,15-22,24H2,1-4H3;1H3,(H,3,4)/q+1;. The average Bonchev–Trinajstić information content (AvgIpc) is 2.95. The number of ether oxygens (including phenoxy) is 4. The number of aliphatic carboxylic acids is 1. The van der Waals surface area contributed by atoms with Crippen LogP contribution >= 0.6 is 0 Å². The summed E-state index contributed by atoms with van der Waals surface area (Å²) in [4.78, 5) is 11.4. The number of rotatable bonds is 17. The molecule has 0 atom stereocenters. The molecule has 0 aliphatic heterocycles. The molecule has 0 unspecified atom stereocenters. The van der Waals surface area contributed by atoms with Crippen molar-refractivity contribution in [3.63, 3.8) is 0 Å². The highest BCUT2D eigenvalue weighted by molar-refractivity contribution is 5.81. The number of hydrogen-bond donors (Lipinski definition) is 1. The van der Waals surface area contributed by atoms with Crippen molar-refractivity contribution in [1.82, 2.24) is 4.90 Å². The molecule has 40 heavy (non-hydrogen) atoms.